The number of carbonyl (C=O) groups excluding carboxylic acids is 1. The lowest BCUT2D eigenvalue weighted by molar-refractivity contribution is 0.0662. The van der Waals surface area contributed by atoms with Crippen LogP contribution in [0.25, 0.3) is 11.0 Å². The Morgan fingerprint density at radius 2 is 2.03 bits per heavy atom. The summed E-state index contributed by atoms with van der Waals surface area (Å²) in [6.45, 7) is 9.02. The van der Waals surface area contributed by atoms with Gasteiger partial charge in [0.25, 0.3) is 5.91 Å². The second kappa shape index (κ2) is 9.48. The van der Waals surface area contributed by atoms with E-state index in [1.807, 2.05) is 35.2 Å². The summed E-state index contributed by atoms with van der Waals surface area (Å²) in [5.74, 6) is 0.972. The third-order valence-electron chi connectivity index (χ3n) is 6.19. The largest absolute Gasteiger partial charge is 0.451 e. The van der Waals surface area contributed by atoms with Crippen LogP contribution in [0.3, 0.4) is 0 Å². The van der Waals surface area contributed by atoms with Gasteiger partial charge in [0.1, 0.15) is 5.58 Å². The third-order valence-corrected chi connectivity index (χ3v) is 6.19. The molecule has 1 amide bonds. The molecule has 1 atom stereocenters. The van der Waals surface area contributed by atoms with Crippen LogP contribution in [0.4, 0.5) is 0 Å². The normalized spacial score (nSPS) is 17.3. The number of benzene rings is 2. The van der Waals surface area contributed by atoms with Gasteiger partial charge in [-0.3, -0.25) is 4.79 Å². The van der Waals surface area contributed by atoms with E-state index in [4.69, 9.17) is 4.42 Å². The highest BCUT2D eigenvalue weighted by Crippen LogP contribution is 2.22. The standard InChI is InChI=1S/C26H32N2O2/c1-3-28(26(29)25-17-23-11-4-5-12-24(23)30-25)19-22-10-7-14-27(18-22)15-13-21-9-6-8-20(2)16-21/h4-6,8-9,11-12,16-17,22H,3,7,10,13-15,18-19H2,1-2H3. The molecule has 0 spiro atoms. The van der Waals surface area contributed by atoms with Crippen molar-refractivity contribution < 1.29 is 9.21 Å². The second-order valence-corrected chi connectivity index (χ2v) is 8.54. The molecule has 0 N–H and O–H groups in total. The molecule has 1 saturated heterocycles. The van der Waals surface area contributed by atoms with Crippen molar-refractivity contribution >= 4 is 16.9 Å². The van der Waals surface area contributed by atoms with E-state index in [0.717, 1.165) is 43.6 Å². The monoisotopic (exact) mass is 404 g/mol. The van der Waals surface area contributed by atoms with Crippen LogP contribution in [0, 0.1) is 12.8 Å². The molecule has 4 rings (SSSR count). The molecule has 1 aromatic heterocycles. The Hall–Kier alpha value is -2.59. The van der Waals surface area contributed by atoms with Crippen LogP contribution in [0.1, 0.15) is 41.4 Å². The molecule has 1 aliphatic rings. The van der Waals surface area contributed by atoms with Gasteiger partial charge in [0.2, 0.25) is 0 Å². The van der Waals surface area contributed by atoms with Gasteiger partial charge < -0.3 is 14.2 Å². The van der Waals surface area contributed by atoms with Gasteiger partial charge >= 0.3 is 0 Å². The predicted molar refractivity (Wildman–Crippen MR) is 122 cm³/mol. The van der Waals surface area contributed by atoms with Crippen molar-refractivity contribution in [1.82, 2.24) is 9.80 Å². The lowest BCUT2D eigenvalue weighted by Gasteiger charge is -2.35. The number of aryl methyl sites for hydroxylation is 1. The predicted octanol–water partition coefficient (Wildman–Crippen LogP) is 5.16. The van der Waals surface area contributed by atoms with E-state index in [-0.39, 0.29) is 5.91 Å². The van der Waals surface area contributed by atoms with Crippen LogP contribution in [0.2, 0.25) is 0 Å². The highest BCUT2D eigenvalue weighted by molar-refractivity contribution is 5.96. The van der Waals surface area contributed by atoms with Crippen molar-refractivity contribution in [3.05, 3.63) is 71.5 Å². The molecule has 2 heterocycles. The van der Waals surface area contributed by atoms with Gasteiger partial charge in [0.15, 0.2) is 5.76 Å². The van der Waals surface area contributed by atoms with Gasteiger partial charge in [-0.05, 0) is 63.3 Å². The van der Waals surface area contributed by atoms with Gasteiger partial charge in [0.05, 0.1) is 0 Å². The van der Waals surface area contributed by atoms with Crippen LogP contribution in [0.15, 0.2) is 59.0 Å². The molecule has 1 aliphatic heterocycles. The fraction of sp³-hybridized carbons (Fsp3) is 0.423. The van der Waals surface area contributed by atoms with Crippen LogP contribution < -0.4 is 0 Å². The number of nitrogens with zero attached hydrogens (tertiary/aromatic N) is 2. The van der Waals surface area contributed by atoms with Crippen molar-refractivity contribution in [3.63, 3.8) is 0 Å². The SMILES string of the molecule is CCN(CC1CCCN(CCc2cccc(C)c2)C1)C(=O)c1cc2ccccc2o1. The van der Waals surface area contributed by atoms with Crippen LogP contribution >= 0.6 is 0 Å². The van der Waals surface area contributed by atoms with Gasteiger partial charge in [-0.2, -0.15) is 0 Å². The lowest BCUT2D eigenvalue weighted by atomic mass is 9.96. The molecule has 3 aromatic rings. The molecule has 4 nitrogen and oxygen atoms in total. The number of hydrogen-bond donors (Lipinski definition) is 0. The topological polar surface area (TPSA) is 36.7 Å². The Balaban J connectivity index is 1.35. The molecule has 4 heteroatoms. The van der Waals surface area contributed by atoms with Gasteiger partial charge in [0, 0.05) is 31.6 Å². The van der Waals surface area contributed by atoms with Crippen molar-refractivity contribution in [2.75, 3.05) is 32.7 Å². The number of piperidine rings is 1. The summed E-state index contributed by atoms with van der Waals surface area (Å²) in [5, 5.41) is 0.983. The van der Waals surface area contributed by atoms with Crippen molar-refractivity contribution in [2.45, 2.75) is 33.1 Å². The lowest BCUT2D eigenvalue weighted by Crippen LogP contribution is -2.43. The van der Waals surface area contributed by atoms with Crippen LogP contribution in [-0.4, -0.2) is 48.4 Å². The fourth-order valence-corrected chi connectivity index (χ4v) is 4.57. The Labute approximate surface area is 179 Å². The van der Waals surface area contributed by atoms with E-state index in [0.29, 0.717) is 18.2 Å². The number of hydrogen-bond acceptors (Lipinski definition) is 3. The molecule has 1 unspecified atom stereocenters. The number of fused-ring (bicyclic) bond motifs is 1. The molecule has 0 saturated carbocycles. The maximum atomic E-state index is 13.1. The maximum absolute atomic E-state index is 13.1. The molecule has 1 fully saturated rings. The van der Waals surface area contributed by atoms with E-state index in [1.165, 1.54) is 24.0 Å². The molecule has 0 radical (unpaired) electrons. The van der Waals surface area contributed by atoms with Crippen LogP contribution in [0.5, 0.6) is 0 Å². The highest BCUT2D eigenvalue weighted by Gasteiger charge is 2.25. The summed E-state index contributed by atoms with van der Waals surface area (Å²) in [5.41, 5.74) is 3.51. The highest BCUT2D eigenvalue weighted by atomic mass is 16.3. The second-order valence-electron chi connectivity index (χ2n) is 8.54. The Kier molecular flexibility index (Phi) is 6.53. The average molecular weight is 405 g/mol. The fourth-order valence-electron chi connectivity index (χ4n) is 4.57. The number of amides is 1. The minimum Gasteiger partial charge on any atom is -0.451 e. The summed E-state index contributed by atoms with van der Waals surface area (Å²) in [6, 6.07) is 18.5. The summed E-state index contributed by atoms with van der Waals surface area (Å²) < 4.78 is 5.82. The van der Waals surface area contributed by atoms with E-state index >= 15 is 0 Å². The van der Waals surface area contributed by atoms with E-state index in [1.54, 1.807) is 0 Å². The number of likely N-dealkylation sites (tertiary alicyclic amines) is 1. The summed E-state index contributed by atoms with van der Waals surface area (Å²) >= 11 is 0. The van der Waals surface area contributed by atoms with Crippen molar-refractivity contribution in [2.24, 2.45) is 5.92 Å². The quantitative estimate of drug-likeness (QED) is 0.546. The maximum Gasteiger partial charge on any atom is 0.289 e. The molecule has 158 valence electrons. The summed E-state index contributed by atoms with van der Waals surface area (Å²) in [4.78, 5) is 17.6. The van der Waals surface area contributed by atoms with E-state index in [9.17, 15) is 4.79 Å². The van der Waals surface area contributed by atoms with Gasteiger partial charge in [-0.1, -0.05) is 48.0 Å². The van der Waals surface area contributed by atoms with Crippen molar-refractivity contribution in [3.8, 4) is 0 Å². The zero-order chi connectivity index (χ0) is 20.9. The molecule has 2 aromatic carbocycles. The molecule has 0 bridgehead atoms. The summed E-state index contributed by atoms with van der Waals surface area (Å²) in [6.07, 6.45) is 3.48. The van der Waals surface area contributed by atoms with E-state index in [2.05, 4.69) is 43.0 Å². The number of para-hydroxylation sites is 1. The smallest absolute Gasteiger partial charge is 0.289 e. The Morgan fingerprint density at radius 3 is 2.83 bits per heavy atom. The number of carbonyl (C=O) groups is 1. The first-order chi connectivity index (χ1) is 14.6. The number of rotatable bonds is 7. The minimum absolute atomic E-state index is 0.00517. The first-order valence-corrected chi connectivity index (χ1v) is 11.2. The third kappa shape index (κ3) is 4.93. The molecular weight excluding hydrogens is 372 g/mol. The van der Waals surface area contributed by atoms with Crippen molar-refractivity contribution in [1.29, 1.82) is 0 Å². The summed E-state index contributed by atoms with van der Waals surface area (Å²) in [7, 11) is 0. The zero-order valence-electron chi connectivity index (χ0n) is 18.1. The minimum atomic E-state index is 0.00517. The molecule has 30 heavy (non-hydrogen) atoms. The number of furan rings is 1. The molecule has 0 aliphatic carbocycles. The first-order valence-electron chi connectivity index (χ1n) is 11.2. The van der Waals surface area contributed by atoms with Crippen LogP contribution in [-0.2, 0) is 6.42 Å². The van der Waals surface area contributed by atoms with E-state index < -0.39 is 0 Å². The van der Waals surface area contributed by atoms with Gasteiger partial charge in [-0.15, -0.1) is 0 Å². The average Bonchev–Trinajstić information content (AvgIpc) is 3.20. The Morgan fingerprint density at radius 1 is 1.17 bits per heavy atom. The Bertz CT molecular complexity index is 960. The first kappa shape index (κ1) is 20.7. The van der Waals surface area contributed by atoms with Gasteiger partial charge in [-0.25, -0.2) is 0 Å². The zero-order valence-corrected chi connectivity index (χ0v) is 18.1. The molecular formula is C26H32N2O2.